The highest BCUT2D eigenvalue weighted by atomic mass is 32.2. The predicted molar refractivity (Wildman–Crippen MR) is 82.3 cm³/mol. The summed E-state index contributed by atoms with van der Waals surface area (Å²) in [5.41, 5.74) is 12.0. The molecule has 8 heteroatoms. The molecule has 5 N–H and O–H groups in total. The van der Waals surface area contributed by atoms with Gasteiger partial charge in [-0.05, 0) is 12.5 Å². The Hall–Kier alpha value is -2.35. The van der Waals surface area contributed by atoms with Crippen LogP contribution >= 0.6 is 11.8 Å². The van der Waals surface area contributed by atoms with Gasteiger partial charge in [-0.2, -0.15) is 15.0 Å². The van der Waals surface area contributed by atoms with Crippen LogP contribution in [0.25, 0.3) is 0 Å². The largest absolute Gasteiger partial charge is 0.368 e. The van der Waals surface area contributed by atoms with E-state index in [0.717, 1.165) is 5.56 Å². The Morgan fingerprint density at radius 2 is 1.81 bits per heavy atom. The fourth-order valence-electron chi connectivity index (χ4n) is 1.58. The Bertz CT molecular complexity index is 601. The first-order chi connectivity index (χ1) is 10.0. The summed E-state index contributed by atoms with van der Waals surface area (Å²) in [7, 11) is 0. The second kappa shape index (κ2) is 6.89. The minimum Gasteiger partial charge on any atom is -0.368 e. The number of anilines is 2. The highest BCUT2D eigenvalue weighted by Crippen LogP contribution is 2.20. The van der Waals surface area contributed by atoms with Crippen molar-refractivity contribution in [2.45, 2.75) is 23.9 Å². The van der Waals surface area contributed by atoms with Gasteiger partial charge in [-0.15, -0.1) is 0 Å². The smallest absolute Gasteiger partial charge is 0.233 e. The van der Waals surface area contributed by atoms with Gasteiger partial charge in [0.25, 0.3) is 0 Å². The number of thioether (sulfide) groups is 1. The Morgan fingerprint density at radius 1 is 1.19 bits per heavy atom. The number of nitrogens with zero attached hydrogens (tertiary/aromatic N) is 3. The van der Waals surface area contributed by atoms with Crippen molar-refractivity contribution >= 4 is 29.6 Å². The van der Waals surface area contributed by atoms with E-state index in [1.54, 1.807) is 6.92 Å². The SMILES string of the molecule is CC(Sc1nc(N)nc(N)n1)C(=O)NCc1ccccc1. The molecule has 0 spiro atoms. The summed E-state index contributed by atoms with van der Waals surface area (Å²) in [6, 6.07) is 9.68. The zero-order chi connectivity index (χ0) is 15.2. The van der Waals surface area contributed by atoms with E-state index >= 15 is 0 Å². The van der Waals surface area contributed by atoms with E-state index in [-0.39, 0.29) is 23.1 Å². The van der Waals surface area contributed by atoms with E-state index < -0.39 is 0 Å². The molecule has 0 aliphatic heterocycles. The molecule has 7 nitrogen and oxygen atoms in total. The first kappa shape index (κ1) is 15.0. The molecule has 1 heterocycles. The Morgan fingerprint density at radius 3 is 2.43 bits per heavy atom. The lowest BCUT2D eigenvalue weighted by Crippen LogP contribution is -2.30. The summed E-state index contributed by atoms with van der Waals surface area (Å²) in [6.07, 6.45) is 0. The maximum Gasteiger partial charge on any atom is 0.233 e. The Labute approximate surface area is 126 Å². The van der Waals surface area contributed by atoms with E-state index in [1.165, 1.54) is 11.8 Å². The molecule has 1 unspecified atom stereocenters. The molecule has 0 aliphatic rings. The van der Waals surface area contributed by atoms with Crippen LogP contribution in [0.5, 0.6) is 0 Å². The molecule has 110 valence electrons. The molecule has 0 fully saturated rings. The average molecular weight is 304 g/mol. The molecule has 1 aromatic carbocycles. The minimum absolute atomic E-state index is 0.0434. The number of aromatic nitrogens is 3. The van der Waals surface area contributed by atoms with E-state index in [1.807, 2.05) is 30.3 Å². The van der Waals surface area contributed by atoms with Gasteiger partial charge in [0.05, 0.1) is 5.25 Å². The molecule has 0 saturated heterocycles. The molecule has 21 heavy (non-hydrogen) atoms. The van der Waals surface area contributed by atoms with E-state index in [2.05, 4.69) is 20.3 Å². The molecule has 0 bridgehead atoms. The fraction of sp³-hybridized carbons (Fsp3) is 0.231. The van der Waals surface area contributed by atoms with Gasteiger partial charge in [0.1, 0.15) is 0 Å². The topological polar surface area (TPSA) is 120 Å². The van der Waals surface area contributed by atoms with Crippen molar-refractivity contribution in [3.8, 4) is 0 Å². The second-order valence-corrected chi connectivity index (χ2v) is 5.61. The van der Waals surface area contributed by atoms with Gasteiger partial charge in [0, 0.05) is 6.54 Å². The summed E-state index contributed by atoms with van der Waals surface area (Å²) < 4.78 is 0. The predicted octanol–water partition coefficient (Wildman–Crippen LogP) is 0.833. The van der Waals surface area contributed by atoms with Crippen LogP contribution in [0.15, 0.2) is 35.5 Å². The van der Waals surface area contributed by atoms with Crippen LogP contribution in [-0.2, 0) is 11.3 Å². The van der Waals surface area contributed by atoms with Gasteiger partial charge in [0.2, 0.25) is 17.8 Å². The molecule has 0 radical (unpaired) electrons. The molecule has 1 amide bonds. The molecular formula is C13H16N6OS. The number of hydrogen-bond acceptors (Lipinski definition) is 7. The maximum atomic E-state index is 12.0. The van der Waals surface area contributed by atoms with Gasteiger partial charge >= 0.3 is 0 Å². The van der Waals surface area contributed by atoms with Crippen LogP contribution in [0, 0.1) is 0 Å². The van der Waals surface area contributed by atoms with Crippen LogP contribution in [0.4, 0.5) is 11.9 Å². The lowest BCUT2D eigenvalue weighted by molar-refractivity contribution is -0.120. The Balaban J connectivity index is 1.90. The summed E-state index contributed by atoms with van der Waals surface area (Å²) in [5.74, 6) is -0.0230. The number of amides is 1. The number of carbonyl (C=O) groups is 1. The number of rotatable bonds is 5. The molecule has 0 saturated carbocycles. The van der Waals surface area contributed by atoms with Crippen molar-refractivity contribution in [1.82, 2.24) is 20.3 Å². The van der Waals surface area contributed by atoms with Crippen molar-refractivity contribution in [2.24, 2.45) is 0 Å². The van der Waals surface area contributed by atoms with Gasteiger partial charge in [-0.3, -0.25) is 4.79 Å². The third kappa shape index (κ3) is 4.60. The zero-order valence-corrected chi connectivity index (χ0v) is 12.3. The van der Waals surface area contributed by atoms with Crippen molar-refractivity contribution in [3.05, 3.63) is 35.9 Å². The van der Waals surface area contributed by atoms with Crippen molar-refractivity contribution in [2.75, 3.05) is 11.5 Å². The summed E-state index contributed by atoms with van der Waals surface area (Å²) >= 11 is 1.18. The van der Waals surface area contributed by atoms with E-state index in [0.29, 0.717) is 11.7 Å². The highest BCUT2D eigenvalue weighted by Gasteiger charge is 2.16. The van der Waals surface area contributed by atoms with Crippen LogP contribution < -0.4 is 16.8 Å². The quantitative estimate of drug-likeness (QED) is 0.700. The number of nitrogens with two attached hydrogens (primary N) is 2. The minimum atomic E-state index is -0.366. The van der Waals surface area contributed by atoms with Gasteiger partial charge < -0.3 is 16.8 Å². The number of nitrogen functional groups attached to an aromatic ring is 2. The second-order valence-electron chi connectivity index (χ2n) is 4.30. The lowest BCUT2D eigenvalue weighted by Gasteiger charge is -2.11. The fourth-order valence-corrected chi connectivity index (χ4v) is 2.38. The number of benzene rings is 1. The summed E-state index contributed by atoms with van der Waals surface area (Å²) in [4.78, 5) is 23.6. The van der Waals surface area contributed by atoms with Crippen molar-refractivity contribution in [3.63, 3.8) is 0 Å². The zero-order valence-electron chi connectivity index (χ0n) is 11.5. The first-order valence-corrected chi connectivity index (χ1v) is 7.18. The van der Waals surface area contributed by atoms with Gasteiger partial charge in [-0.25, -0.2) is 0 Å². The summed E-state index contributed by atoms with van der Waals surface area (Å²) in [5, 5.41) is 2.82. The van der Waals surface area contributed by atoms with Crippen LogP contribution in [0.3, 0.4) is 0 Å². The van der Waals surface area contributed by atoms with E-state index in [9.17, 15) is 4.79 Å². The van der Waals surface area contributed by atoms with Crippen molar-refractivity contribution < 1.29 is 4.79 Å². The number of hydrogen-bond donors (Lipinski definition) is 3. The molecule has 1 atom stereocenters. The molecule has 0 aliphatic carbocycles. The van der Waals surface area contributed by atoms with Gasteiger partial charge in [-0.1, -0.05) is 42.1 Å². The number of carbonyl (C=O) groups excluding carboxylic acids is 1. The molecule has 2 aromatic rings. The Kier molecular flexibility index (Phi) is 4.94. The summed E-state index contributed by atoms with van der Waals surface area (Å²) in [6.45, 7) is 2.24. The third-order valence-corrected chi connectivity index (χ3v) is 3.57. The molecule has 1 aromatic heterocycles. The van der Waals surface area contributed by atoms with Crippen LogP contribution in [-0.4, -0.2) is 26.1 Å². The van der Waals surface area contributed by atoms with Crippen LogP contribution in [0.2, 0.25) is 0 Å². The van der Waals surface area contributed by atoms with Crippen LogP contribution in [0.1, 0.15) is 12.5 Å². The normalized spacial score (nSPS) is 11.9. The molecule has 2 rings (SSSR count). The highest BCUT2D eigenvalue weighted by molar-refractivity contribution is 8.00. The number of nitrogens with one attached hydrogen (secondary N) is 1. The van der Waals surface area contributed by atoms with Crippen molar-refractivity contribution in [1.29, 1.82) is 0 Å². The third-order valence-electron chi connectivity index (χ3n) is 2.61. The van der Waals surface area contributed by atoms with Gasteiger partial charge in [0.15, 0.2) is 5.16 Å². The first-order valence-electron chi connectivity index (χ1n) is 6.30. The van der Waals surface area contributed by atoms with E-state index in [4.69, 9.17) is 11.5 Å². The lowest BCUT2D eigenvalue weighted by atomic mass is 10.2. The average Bonchev–Trinajstić information content (AvgIpc) is 2.44. The standard InChI is InChI=1S/C13H16N6OS/c1-8(21-13-18-11(14)17-12(15)19-13)10(20)16-7-9-5-3-2-4-6-9/h2-6,8H,7H2,1H3,(H,16,20)(H4,14,15,17,18,19). The monoisotopic (exact) mass is 304 g/mol. The molecular weight excluding hydrogens is 288 g/mol. The maximum absolute atomic E-state index is 12.0.